The predicted molar refractivity (Wildman–Crippen MR) is 136 cm³/mol. The molecule has 190 valence electrons. The van der Waals surface area contributed by atoms with Gasteiger partial charge >= 0.3 is 0 Å². The summed E-state index contributed by atoms with van der Waals surface area (Å²) < 4.78 is 25.6. The lowest BCUT2D eigenvalue weighted by molar-refractivity contribution is -0.124. The maximum Gasteiger partial charge on any atom is 0.243 e. The number of nitrogens with zero attached hydrogens (tertiary/aromatic N) is 3. The summed E-state index contributed by atoms with van der Waals surface area (Å²) in [5.41, 5.74) is 0.238. The van der Waals surface area contributed by atoms with Crippen LogP contribution in [0.15, 0.2) is 18.2 Å². The minimum absolute atomic E-state index is 0.173. The first-order valence-electron chi connectivity index (χ1n) is 12.3. The third kappa shape index (κ3) is 6.44. The summed E-state index contributed by atoms with van der Waals surface area (Å²) in [6.07, 6.45) is 8.76. The van der Waals surface area contributed by atoms with Crippen LogP contribution in [0.5, 0.6) is 0 Å². The Labute approximate surface area is 206 Å². The third-order valence-corrected chi connectivity index (χ3v) is 7.81. The highest BCUT2D eigenvalue weighted by molar-refractivity contribution is 7.92. The van der Waals surface area contributed by atoms with E-state index in [2.05, 4.69) is 36.5 Å². The van der Waals surface area contributed by atoms with E-state index in [1.54, 1.807) is 18.2 Å². The van der Waals surface area contributed by atoms with Crippen molar-refractivity contribution in [3.63, 3.8) is 0 Å². The number of hydrogen-bond acceptors (Lipinski definition) is 7. The first kappa shape index (κ1) is 25.3. The molecule has 11 heteroatoms. The van der Waals surface area contributed by atoms with Crippen molar-refractivity contribution in [2.75, 3.05) is 36.4 Å². The number of aromatic nitrogens is 2. The van der Waals surface area contributed by atoms with E-state index in [1.807, 2.05) is 7.05 Å². The Morgan fingerprint density at radius 1 is 1.29 bits per heavy atom. The highest BCUT2D eigenvalue weighted by atomic mass is 32.2. The zero-order valence-corrected chi connectivity index (χ0v) is 21.2. The SMILES string of the molecule is CN1CCC(C#N)(NC(=O)C(CC2CCCCC2)Nc2n[nH]c3cc(NS(C)(=O)=O)ccc23)CC1. The summed E-state index contributed by atoms with van der Waals surface area (Å²) in [7, 11) is -1.37. The van der Waals surface area contributed by atoms with Crippen LogP contribution in [0.2, 0.25) is 0 Å². The normalized spacial score (nSPS) is 20.1. The van der Waals surface area contributed by atoms with Gasteiger partial charge in [-0.1, -0.05) is 32.1 Å². The molecule has 1 unspecified atom stereocenters. The molecule has 1 amide bonds. The fourth-order valence-corrected chi connectivity index (χ4v) is 5.70. The number of benzene rings is 1. The smallest absolute Gasteiger partial charge is 0.243 e. The van der Waals surface area contributed by atoms with Gasteiger partial charge in [0.15, 0.2) is 5.82 Å². The topological polar surface area (TPSA) is 143 Å². The molecular weight excluding hydrogens is 466 g/mol. The van der Waals surface area contributed by atoms with Crippen molar-refractivity contribution in [1.82, 2.24) is 20.4 Å². The van der Waals surface area contributed by atoms with Gasteiger partial charge < -0.3 is 15.5 Å². The standard InChI is InChI=1S/C24H35N7O3S/c1-31-12-10-24(16-25,11-13-31)27-23(32)21(14-17-6-4-3-5-7-17)26-22-19-9-8-18(30-35(2,33)34)15-20(19)28-29-22/h8-9,15,17,21,30H,3-7,10-14H2,1-2H3,(H,27,32)(H2,26,28,29). The molecule has 2 aromatic rings. The van der Waals surface area contributed by atoms with E-state index in [0.29, 0.717) is 42.2 Å². The van der Waals surface area contributed by atoms with Crippen molar-refractivity contribution < 1.29 is 13.2 Å². The number of aromatic amines is 1. The van der Waals surface area contributed by atoms with E-state index in [1.165, 1.54) is 19.3 Å². The van der Waals surface area contributed by atoms with Crippen LogP contribution in [0.25, 0.3) is 10.9 Å². The number of nitrogens with one attached hydrogen (secondary N) is 4. The molecule has 1 saturated heterocycles. The molecule has 4 rings (SSSR count). The second kappa shape index (κ2) is 10.4. The highest BCUT2D eigenvalue weighted by Gasteiger charge is 2.37. The van der Waals surface area contributed by atoms with Gasteiger partial charge in [0.25, 0.3) is 0 Å². The monoisotopic (exact) mass is 501 g/mol. The second-order valence-corrected chi connectivity index (χ2v) is 11.9. The number of fused-ring (bicyclic) bond motifs is 1. The molecule has 1 aromatic heterocycles. The van der Waals surface area contributed by atoms with Crippen molar-refractivity contribution in [1.29, 1.82) is 5.26 Å². The zero-order chi connectivity index (χ0) is 25.1. The van der Waals surface area contributed by atoms with Gasteiger partial charge in [0.2, 0.25) is 15.9 Å². The molecule has 1 atom stereocenters. The Morgan fingerprint density at radius 2 is 2.00 bits per heavy atom. The summed E-state index contributed by atoms with van der Waals surface area (Å²) in [5.74, 6) is 0.808. The van der Waals surface area contributed by atoms with Gasteiger partial charge in [0.05, 0.1) is 23.5 Å². The first-order valence-corrected chi connectivity index (χ1v) is 14.2. The first-order chi connectivity index (χ1) is 16.7. The van der Waals surface area contributed by atoms with Crippen molar-refractivity contribution in [2.24, 2.45) is 5.92 Å². The number of piperidine rings is 1. The van der Waals surface area contributed by atoms with Crippen molar-refractivity contribution in [3.8, 4) is 6.07 Å². The number of rotatable bonds is 8. The van der Waals surface area contributed by atoms with Crippen molar-refractivity contribution in [2.45, 2.75) is 62.9 Å². The minimum Gasteiger partial charge on any atom is -0.356 e. The number of sulfonamides is 1. The fourth-order valence-electron chi connectivity index (χ4n) is 5.15. The highest BCUT2D eigenvalue weighted by Crippen LogP contribution is 2.31. The molecule has 1 aliphatic heterocycles. The lowest BCUT2D eigenvalue weighted by Gasteiger charge is -2.37. The Bertz CT molecular complexity index is 1190. The van der Waals surface area contributed by atoms with E-state index in [9.17, 15) is 18.5 Å². The number of carbonyl (C=O) groups is 1. The maximum atomic E-state index is 13.6. The van der Waals surface area contributed by atoms with Gasteiger partial charge in [-0.3, -0.25) is 14.6 Å². The Kier molecular flexibility index (Phi) is 7.52. The summed E-state index contributed by atoms with van der Waals surface area (Å²) in [5, 5.41) is 24.4. The average molecular weight is 502 g/mol. The molecule has 2 fully saturated rings. The lowest BCUT2D eigenvalue weighted by atomic mass is 9.84. The summed E-state index contributed by atoms with van der Waals surface area (Å²) >= 11 is 0. The lowest BCUT2D eigenvalue weighted by Crippen LogP contribution is -2.57. The number of amides is 1. The summed E-state index contributed by atoms with van der Waals surface area (Å²) in [6, 6.07) is 6.97. The number of likely N-dealkylation sites (tertiary alicyclic amines) is 1. The van der Waals surface area contributed by atoms with Crippen LogP contribution >= 0.6 is 0 Å². The Balaban J connectivity index is 1.55. The second-order valence-electron chi connectivity index (χ2n) is 10.1. The van der Waals surface area contributed by atoms with Gasteiger partial charge in [-0.25, -0.2) is 8.42 Å². The predicted octanol–water partition coefficient (Wildman–Crippen LogP) is 2.79. The molecule has 0 radical (unpaired) electrons. The van der Waals surface area contributed by atoms with Crippen LogP contribution in [0.3, 0.4) is 0 Å². The van der Waals surface area contributed by atoms with Crippen LogP contribution < -0.4 is 15.4 Å². The molecular formula is C24H35N7O3S. The van der Waals surface area contributed by atoms with E-state index in [0.717, 1.165) is 37.6 Å². The molecule has 35 heavy (non-hydrogen) atoms. The molecule has 0 bridgehead atoms. The Morgan fingerprint density at radius 3 is 2.66 bits per heavy atom. The number of hydrogen-bond donors (Lipinski definition) is 4. The average Bonchev–Trinajstić information content (AvgIpc) is 3.22. The Hall–Kier alpha value is -2.84. The number of H-pyrrole nitrogens is 1. The fraction of sp³-hybridized carbons (Fsp3) is 0.625. The van der Waals surface area contributed by atoms with E-state index >= 15 is 0 Å². The molecule has 4 N–H and O–H groups in total. The van der Waals surface area contributed by atoms with Crippen molar-refractivity contribution >= 4 is 38.3 Å². The molecule has 0 spiro atoms. The van der Waals surface area contributed by atoms with Crippen LogP contribution in [0, 0.1) is 17.2 Å². The quantitative estimate of drug-likeness (QED) is 0.435. The van der Waals surface area contributed by atoms with Crippen LogP contribution in [0.1, 0.15) is 51.4 Å². The number of carbonyl (C=O) groups excluding carboxylic acids is 1. The van der Waals surface area contributed by atoms with Gasteiger partial charge in [0.1, 0.15) is 11.6 Å². The van der Waals surface area contributed by atoms with Crippen LogP contribution in [-0.4, -0.2) is 67.4 Å². The summed E-state index contributed by atoms with van der Waals surface area (Å²) in [4.78, 5) is 15.7. The van der Waals surface area contributed by atoms with Crippen LogP contribution in [0.4, 0.5) is 11.5 Å². The van der Waals surface area contributed by atoms with Gasteiger partial charge in [-0.15, -0.1) is 0 Å². The number of anilines is 2. The molecule has 2 aliphatic rings. The van der Waals surface area contributed by atoms with E-state index in [-0.39, 0.29) is 5.91 Å². The maximum absolute atomic E-state index is 13.6. The van der Waals surface area contributed by atoms with E-state index in [4.69, 9.17) is 0 Å². The molecule has 1 aliphatic carbocycles. The van der Waals surface area contributed by atoms with E-state index < -0.39 is 21.6 Å². The molecule has 10 nitrogen and oxygen atoms in total. The molecule has 1 saturated carbocycles. The van der Waals surface area contributed by atoms with Gasteiger partial charge in [-0.05, 0) is 50.4 Å². The van der Waals surface area contributed by atoms with Gasteiger partial charge in [0, 0.05) is 18.5 Å². The molecule has 1 aromatic carbocycles. The minimum atomic E-state index is -3.39. The third-order valence-electron chi connectivity index (χ3n) is 7.20. The zero-order valence-electron chi connectivity index (χ0n) is 20.4. The summed E-state index contributed by atoms with van der Waals surface area (Å²) in [6.45, 7) is 1.53. The number of nitriles is 1. The van der Waals surface area contributed by atoms with Crippen LogP contribution in [-0.2, 0) is 14.8 Å². The van der Waals surface area contributed by atoms with Gasteiger partial charge in [-0.2, -0.15) is 10.4 Å². The largest absolute Gasteiger partial charge is 0.356 e. The molecule has 2 heterocycles. The van der Waals surface area contributed by atoms with Crippen molar-refractivity contribution in [3.05, 3.63) is 18.2 Å².